The van der Waals surface area contributed by atoms with Crippen molar-refractivity contribution < 1.29 is 14.7 Å². The summed E-state index contributed by atoms with van der Waals surface area (Å²) in [7, 11) is 0. The Kier molecular flexibility index (Phi) is 6.45. The molecule has 7 nitrogen and oxygen atoms in total. The lowest BCUT2D eigenvalue weighted by Gasteiger charge is -2.18. The first kappa shape index (κ1) is 15.0. The molecule has 1 aromatic heterocycles. The Morgan fingerprint density at radius 3 is 2.63 bits per heavy atom. The van der Waals surface area contributed by atoms with Crippen LogP contribution < -0.4 is 10.6 Å². The second-order valence-corrected chi connectivity index (χ2v) is 4.06. The van der Waals surface area contributed by atoms with Crippen LogP contribution in [0.5, 0.6) is 0 Å². The van der Waals surface area contributed by atoms with Crippen LogP contribution in [0.1, 0.15) is 36.5 Å². The third-order valence-corrected chi connectivity index (χ3v) is 2.43. The van der Waals surface area contributed by atoms with Crippen molar-refractivity contribution in [1.82, 2.24) is 20.6 Å². The van der Waals surface area contributed by atoms with Crippen LogP contribution >= 0.6 is 0 Å². The minimum atomic E-state index is -0.974. The lowest BCUT2D eigenvalue weighted by molar-refractivity contribution is -0.137. The van der Waals surface area contributed by atoms with Crippen molar-refractivity contribution in [1.29, 1.82) is 0 Å². The van der Waals surface area contributed by atoms with Crippen LogP contribution in [0.15, 0.2) is 18.7 Å². The second-order valence-electron chi connectivity index (χ2n) is 4.06. The molecule has 1 amide bonds. The maximum absolute atomic E-state index is 11.8. The molecule has 0 bridgehead atoms. The van der Waals surface area contributed by atoms with E-state index in [1.807, 2.05) is 6.92 Å². The average molecular weight is 266 g/mol. The fourth-order valence-corrected chi connectivity index (χ4v) is 1.46. The van der Waals surface area contributed by atoms with Crippen molar-refractivity contribution in [3.8, 4) is 0 Å². The molecule has 7 heteroatoms. The molecule has 19 heavy (non-hydrogen) atoms. The molecule has 1 heterocycles. The molecular weight excluding hydrogens is 248 g/mol. The van der Waals surface area contributed by atoms with Gasteiger partial charge < -0.3 is 10.4 Å². The summed E-state index contributed by atoms with van der Waals surface area (Å²) in [4.78, 5) is 30.1. The molecule has 0 aromatic carbocycles. The van der Waals surface area contributed by atoms with Gasteiger partial charge in [0.25, 0.3) is 5.91 Å². The van der Waals surface area contributed by atoms with E-state index in [0.717, 1.165) is 12.8 Å². The summed E-state index contributed by atoms with van der Waals surface area (Å²) in [6.07, 6.45) is 5.22. The molecule has 0 radical (unpaired) electrons. The molecule has 1 unspecified atom stereocenters. The first-order valence-corrected chi connectivity index (χ1v) is 6.14. The Morgan fingerprint density at radius 2 is 2.05 bits per heavy atom. The minimum absolute atomic E-state index is 0.177. The number of hydrogen-bond acceptors (Lipinski definition) is 5. The predicted molar refractivity (Wildman–Crippen MR) is 68.4 cm³/mol. The lowest BCUT2D eigenvalue weighted by atomic mass is 10.2. The van der Waals surface area contributed by atoms with Gasteiger partial charge in [0.15, 0.2) is 0 Å². The third kappa shape index (κ3) is 5.91. The summed E-state index contributed by atoms with van der Waals surface area (Å²) in [6, 6.07) is 0. The van der Waals surface area contributed by atoms with Crippen LogP contribution in [0, 0.1) is 0 Å². The Balaban J connectivity index is 2.55. The van der Waals surface area contributed by atoms with Gasteiger partial charge in [-0.3, -0.25) is 14.9 Å². The molecule has 1 atom stereocenters. The topological polar surface area (TPSA) is 104 Å². The average Bonchev–Trinajstić information content (AvgIpc) is 2.39. The highest BCUT2D eigenvalue weighted by Gasteiger charge is 2.16. The first-order chi connectivity index (χ1) is 9.13. The Morgan fingerprint density at radius 1 is 1.37 bits per heavy atom. The number of aromatic nitrogens is 2. The summed E-state index contributed by atoms with van der Waals surface area (Å²) in [5, 5.41) is 14.4. The van der Waals surface area contributed by atoms with Crippen molar-refractivity contribution in [2.45, 2.75) is 32.4 Å². The van der Waals surface area contributed by atoms with Crippen LogP contribution in [0.25, 0.3) is 0 Å². The van der Waals surface area contributed by atoms with E-state index in [2.05, 4.69) is 20.6 Å². The monoisotopic (exact) mass is 266 g/mol. The first-order valence-electron chi connectivity index (χ1n) is 6.14. The van der Waals surface area contributed by atoms with Crippen molar-refractivity contribution in [3.05, 3.63) is 24.3 Å². The number of nitrogens with one attached hydrogen (secondary N) is 2. The van der Waals surface area contributed by atoms with Crippen molar-refractivity contribution in [3.63, 3.8) is 0 Å². The number of nitrogens with zero attached hydrogens (tertiary/aromatic N) is 2. The maximum atomic E-state index is 11.8. The zero-order chi connectivity index (χ0) is 14.1. The van der Waals surface area contributed by atoms with Crippen molar-refractivity contribution in [2.75, 3.05) is 6.54 Å². The van der Waals surface area contributed by atoms with Crippen LogP contribution in [0.3, 0.4) is 0 Å². The second kappa shape index (κ2) is 8.15. The van der Waals surface area contributed by atoms with E-state index in [-0.39, 0.29) is 6.42 Å². The van der Waals surface area contributed by atoms with Crippen molar-refractivity contribution >= 4 is 11.9 Å². The molecule has 0 saturated carbocycles. The van der Waals surface area contributed by atoms with E-state index in [1.54, 1.807) is 0 Å². The van der Waals surface area contributed by atoms with Gasteiger partial charge in [0, 0.05) is 12.4 Å². The van der Waals surface area contributed by atoms with E-state index < -0.39 is 18.0 Å². The number of carbonyl (C=O) groups excluding carboxylic acids is 1. The summed E-state index contributed by atoms with van der Waals surface area (Å²) < 4.78 is 0. The molecule has 1 rings (SSSR count). The highest BCUT2D eigenvalue weighted by Crippen LogP contribution is 1.96. The molecule has 3 N–H and O–H groups in total. The van der Waals surface area contributed by atoms with E-state index in [0.29, 0.717) is 12.1 Å². The van der Waals surface area contributed by atoms with Gasteiger partial charge >= 0.3 is 5.97 Å². The van der Waals surface area contributed by atoms with Crippen LogP contribution in [0.2, 0.25) is 0 Å². The molecule has 0 spiro atoms. The summed E-state index contributed by atoms with van der Waals surface area (Å²) >= 11 is 0. The van der Waals surface area contributed by atoms with Crippen molar-refractivity contribution in [2.24, 2.45) is 0 Å². The highest BCUT2D eigenvalue weighted by atomic mass is 16.4. The Labute approximate surface area is 111 Å². The Hall–Kier alpha value is -2.02. The SMILES string of the molecule is CCCCNC(CC(=O)O)NC(=O)c1cncnc1. The van der Waals surface area contributed by atoms with E-state index in [4.69, 9.17) is 5.11 Å². The summed E-state index contributed by atoms with van der Waals surface area (Å²) in [6.45, 7) is 2.69. The van der Waals surface area contributed by atoms with Gasteiger partial charge in [-0.15, -0.1) is 0 Å². The normalized spacial score (nSPS) is 11.8. The molecule has 0 aliphatic carbocycles. The maximum Gasteiger partial charge on any atom is 0.306 e. The van der Waals surface area contributed by atoms with E-state index in [9.17, 15) is 9.59 Å². The molecule has 104 valence electrons. The molecule has 1 aromatic rings. The molecule has 0 aliphatic heterocycles. The quantitative estimate of drug-likeness (QED) is 0.464. The lowest BCUT2D eigenvalue weighted by Crippen LogP contribution is -2.47. The van der Waals surface area contributed by atoms with Crippen LogP contribution in [-0.4, -0.2) is 39.7 Å². The number of carboxylic acid groups (broad SMARTS) is 1. The Bertz CT molecular complexity index is 411. The summed E-state index contributed by atoms with van der Waals surface area (Å²) in [5.41, 5.74) is 0.301. The molecule has 0 fully saturated rings. The number of hydrogen-bond donors (Lipinski definition) is 3. The smallest absolute Gasteiger partial charge is 0.306 e. The standard InChI is InChI=1S/C12H18N4O3/c1-2-3-4-15-10(5-11(17)18)16-12(19)9-6-13-8-14-7-9/h6-8,10,15H,2-5H2,1H3,(H,16,19)(H,17,18). The molecule has 0 saturated heterocycles. The van der Waals surface area contributed by atoms with Gasteiger partial charge in [-0.1, -0.05) is 13.3 Å². The number of unbranched alkanes of at least 4 members (excludes halogenated alkanes) is 1. The van der Waals surface area contributed by atoms with Crippen LogP contribution in [-0.2, 0) is 4.79 Å². The zero-order valence-electron chi connectivity index (χ0n) is 10.8. The van der Waals surface area contributed by atoms with Gasteiger partial charge in [0.1, 0.15) is 6.33 Å². The number of carbonyl (C=O) groups is 2. The number of amides is 1. The highest BCUT2D eigenvalue weighted by molar-refractivity contribution is 5.93. The van der Waals surface area contributed by atoms with Gasteiger partial charge in [0.2, 0.25) is 0 Å². The zero-order valence-corrected chi connectivity index (χ0v) is 10.8. The largest absolute Gasteiger partial charge is 0.481 e. The van der Waals surface area contributed by atoms with Gasteiger partial charge in [0.05, 0.1) is 18.2 Å². The fourth-order valence-electron chi connectivity index (χ4n) is 1.46. The van der Waals surface area contributed by atoms with Gasteiger partial charge in [-0.2, -0.15) is 0 Å². The summed E-state index contributed by atoms with van der Waals surface area (Å²) in [5.74, 6) is -1.37. The third-order valence-electron chi connectivity index (χ3n) is 2.43. The predicted octanol–water partition coefficient (Wildman–Crippen LogP) is 0.397. The number of carboxylic acids is 1. The number of aliphatic carboxylic acids is 1. The molecular formula is C12H18N4O3. The number of rotatable bonds is 8. The van der Waals surface area contributed by atoms with E-state index in [1.165, 1.54) is 18.7 Å². The molecule has 0 aliphatic rings. The van der Waals surface area contributed by atoms with Gasteiger partial charge in [-0.05, 0) is 13.0 Å². The van der Waals surface area contributed by atoms with Gasteiger partial charge in [-0.25, -0.2) is 9.97 Å². The minimum Gasteiger partial charge on any atom is -0.481 e. The van der Waals surface area contributed by atoms with E-state index >= 15 is 0 Å². The fraction of sp³-hybridized carbons (Fsp3) is 0.500. The van der Waals surface area contributed by atoms with Crippen LogP contribution in [0.4, 0.5) is 0 Å².